The molecule has 130 valence electrons. The van der Waals surface area contributed by atoms with Gasteiger partial charge >= 0.3 is 6.18 Å². The number of nitrogens with zero attached hydrogens (tertiary/aromatic N) is 2. The molecule has 0 spiro atoms. The summed E-state index contributed by atoms with van der Waals surface area (Å²) in [7, 11) is 0. The third-order valence-corrected chi connectivity index (χ3v) is 3.09. The molecule has 5 nitrogen and oxygen atoms in total. The van der Waals surface area contributed by atoms with Crippen molar-refractivity contribution in [1.29, 1.82) is 0 Å². The van der Waals surface area contributed by atoms with Crippen LogP contribution in [0.15, 0.2) is 24.3 Å². The molecule has 2 rings (SSSR count). The lowest BCUT2D eigenvalue weighted by Crippen LogP contribution is -2.14. The summed E-state index contributed by atoms with van der Waals surface area (Å²) in [5.41, 5.74) is -0.146. The van der Waals surface area contributed by atoms with Crippen molar-refractivity contribution in [2.24, 2.45) is 0 Å². The second-order valence-electron chi connectivity index (χ2n) is 5.05. The van der Waals surface area contributed by atoms with Crippen molar-refractivity contribution >= 4 is 17.5 Å². The first kappa shape index (κ1) is 17.9. The Bertz CT molecular complexity index is 706. The van der Waals surface area contributed by atoms with Crippen molar-refractivity contribution in [3.63, 3.8) is 0 Å². The highest BCUT2D eigenvalue weighted by Gasteiger charge is 2.33. The van der Waals surface area contributed by atoms with Crippen molar-refractivity contribution in [1.82, 2.24) is 9.97 Å². The summed E-state index contributed by atoms with van der Waals surface area (Å²) in [6, 6.07) is 4.65. The van der Waals surface area contributed by atoms with Crippen molar-refractivity contribution in [2.75, 3.05) is 23.8 Å². The van der Waals surface area contributed by atoms with E-state index in [1.54, 1.807) is 6.92 Å². The van der Waals surface area contributed by atoms with Crippen LogP contribution in [0.5, 0.6) is 0 Å². The van der Waals surface area contributed by atoms with E-state index < -0.39 is 17.7 Å². The lowest BCUT2D eigenvalue weighted by atomic mass is 10.2. The summed E-state index contributed by atoms with van der Waals surface area (Å²) in [6.07, 6.45) is -4.29. The van der Waals surface area contributed by atoms with Gasteiger partial charge in [-0.2, -0.15) is 18.2 Å². The molecule has 9 heteroatoms. The van der Waals surface area contributed by atoms with Gasteiger partial charge in [-0.1, -0.05) is 0 Å². The predicted molar refractivity (Wildman–Crippen MR) is 81.6 cm³/mol. The number of hydrogen-bond donors (Lipinski definition) is 3. The molecular formula is C15H16F4N4O. The number of alkyl halides is 3. The van der Waals surface area contributed by atoms with E-state index in [4.69, 9.17) is 5.11 Å². The first-order valence-corrected chi connectivity index (χ1v) is 7.14. The van der Waals surface area contributed by atoms with Gasteiger partial charge in [-0.05, 0) is 37.1 Å². The summed E-state index contributed by atoms with van der Waals surface area (Å²) in [5.74, 6) is -0.720. The van der Waals surface area contributed by atoms with Crippen LogP contribution in [0.1, 0.15) is 17.7 Å². The van der Waals surface area contributed by atoms with Crippen molar-refractivity contribution in [2.45, 2.75) is 19.5 Å². The molecule has 0 amide bonds. The molecule has 1 heterocycles. The number of rotatable bonds is 6. The normalized spacial score (nSPS) is 11.4. The predicted octanol–water partition coefficient (Wildman–Crippen LogP) is 3.48. The van der Waals surface area contributed by atoms with Crippen LogP contribution in [0.4, 0.5) is 35.0 Å². The summed E-state index contributed by atoms with van der Waals surface area (Å²) < 4.78 is 52.0. The molecule has 2 aromatic rings. The minimum Gasteiger partial charge on any atom is -0.396 e. The first-order valence-electron chi connectivity index (χ1n) is 7.14. The molecule has 0 radical (unpaired) electrons. The molecule has 0 aliphatic heterocycles. The van der Waals surface area contributed by atoms with Crippen molar-refractivity contribution in [3.8, 4) is 0 Å². The molecule has 0 fully saturated rings. The highest BCUT2D eigenvalue weighted by atomic mass is 19.4. The summed E-state index contributed by atoms with van der Waals surface area (Å²) in [4.78, 5) is 7.39. The van der Waals surface area contributed by atoms with Gasteiger partial charge in [0.1, 0.15) is 11.6 Å². The summed E-state index contributed by atoms with van der Waals surface area (Å²) in [5, 5.41) is 14.1. The van der Waals surface area contributed by atoms with E-state index in [0.717, 1.165) is 6.07 Å². The lowest BCUT2D eigenvalue weighted by Gasteiger charge is -2.13. The number of aliphatic hydroxyl groups is 1. The molecule has 0 aliphatic carbocycles. The lowest BCUT2D eigenvalue weighted by molar-refractivity contribution is -0.141. The van der Waals surface area contributed by atoms with Gasteiger partial charge in [-0.25, -0.2) is 9.37 Å². The van der Waals surface area contributed by atoms with Crippen LogP contribution in [0.3, 0.4) is 0 Å². The van der Waals surface area contributed by atoms with Gasteiger partial charge in [0.05, 0.1) is 0 Å². The standard InChI is InChI=1S/C15H16F4N4O/c1-9-7-10(16)3-4-11(9)21-13-8-12(15(17,18)19)22-14(23-13)20-5-2-6-24/h3-4,7-8,24H,2,5-6H2,1H3,(H2,20,21,22,23). The molecular weight excluding hydrogens is 328 g/mol. The number of nitrogens with one attached hydrogen (secondary N) is 2. The molecule has 1 aromatic carbocycles. The van der Waals surface area contributed by atoms with E-state index in [2.05, 4.69) is 20.6 Å². The van der Waals surface area contributed by atoms with Crippen LogP contribution in [0.2, 0.25) is 0 Å². The summed E-state index contributed by atoms with van der Waals surface area (Å²) >= 11 is 0. The Kier molecular flexibility index (Phi) is 5.55. The van der Waals surface area contributed by atoms with E-state index >= 15 is 0 Å². The van der Waals surface area contributed by atoms with Crippen LogP contribution in [-0.2, 0) is 6.18 Å². The third-order valence-electron chi connectivity index (χ3n) is 3.09. The smallest absolute Gasteiger partial charge is 0.396 e. The Hall–Kier alpha value is -2.42. The van der Waals surface area contributed by atoms with Crippen LogP contribution in [0.25, 0.3) is 0 Å². The zero-order valence-corrected chi connectivity index (χ0v) is 12.8. The SMILES string of the molecule is Cc1cc(F)ccc1Nc1cc(C(F)(F)F)nc(NCCCO)n1. The fourth-order valence-corrected chi connectivity index (χ4v) is 1.92. The second kappa shape index (κ2) is 7.43. The van der Waals surface area contributed by atoms with Crippen molar-refractivity contribution in [3.05, 3.63) is 41.3 Å². The maximum atomic E-state index is 13.1. The Morgan fingerprint density at radius 1 is 1.17 bits per heavy atom. The highest BCUT2D eigenvalue weighted by molar-refractivity contribution is 5.61. The average molecular weight is 344 g/mol. The summed E-state index contributed by atoms with van der Waals surface area (Å²) in [6.45, 7) is 1.75. The molecule has 0 bridgehead atoms. The Morgan fingerprint density at radius 2 is 1.92 bits per heavy atom. The van der Waals surface area contributed by atoms with E-state index in [9.17, 15) is 17.6 Å². The zero-order valence-electron chi connectivity index (χ0n) is 12.8. The number of benzene rings is 1. The Balaban J connectivity index is 2.31. The van der Waals surface area contributed by atoms with Gasteiger partial charge in [-0.15, -0.1) is 0 Å². The topological polar surface area (TPSA) is 70.1 Å². The van der Waals surface area contributed by atoms with Crippen molar-refractivity contribution < 1.29 is 22.7 Å². The molecule has 0 atom stereocenters. The average Bonchev–Trinajstić information content (AvgIpc) is 2.49. The highest BCUT2D eigenvalue weighted by Crippen LogP contribution is 2.30. The molecule has 0 unspecified atom stereocenters. The van der Waals surface area contributed by atoms with E-state index in [1.165, 1.54) is 18.2 Å². The van der Waals surface area contributed by atoms with Gasteiger partial charge in [0.25, 0.3) is 0 Å². The molecule has 1 aromatic heterocycles. The van der Waals surface area contributed by atoms with Gasteiger partial charge in [0.2, 0.25) is 5.95 Å². The second-order valence-corrected chi connectivity index (χ2v) is 5.05. The molecule has 0 aliphatic rings. The number of anilines is 3. The fourth-order valence-electron chi connectivity index (χ4n) is 1.92. The van der Waals surface area contributed by atoms with Crippen LogP contribution in [0, 0.1) is 12.7 Å². The maximum absolute atomic E-state index is 13.1. The Morgan fingerprint density at radius 3 is 2.54 bits per heavy atom. The molecule has 0 saturated heterocycles. The number of aryl methyl sites for hydroxylation is 1. The first-order chi connectivity index (χ1) is 11.3. The van der Waals surface area contributed by atoms with E-state index in [-0.39, 0.29) is 24.9 Å². The van der Waals surface area contributed by atoms with E-state index in [1.807, 2.05) is 0 Å². The monoisotopic (exact) mass is 344 g/mol. The van der Waals surface area contributed by atoms with Crippen LogP contribution < -0.4 is 10.6 Å². The Labute approximate surface area is 135 Å². The van der Waals surface area contributed by atoms with Gasteiger partial charge in [-0.3, -0.25) is 0 Å². The number of aromatic nitrogens is 2. The van der Waals surface area contributed by atoms with Crippen LogP contribution >= 0.6 is 0 Å². The fraction of sp³-hybridized carbons (Fsp3) is 0.333. The number of halogens is 4. The molecule has 3 N–H and O–H groups in total. The molecule has 0 saturated carbocycles. The molecule has 24 heavy (non-hydrogen) atoms. The number of hydrogen-bond acceptors (Lipinski definition) is 5. The minimum atomic E-state index is -4.63. The van der Waals surface area contributed by atoms with E-state index in [0.29, 0.717) is 17.7 Å². The van der Waals surface area contributed by atoms with Gasteiger partial charge < -0.3 is 15.7 Å². The number of aliphatic hydroxyl groups excluding tert-OH is 1. The third kappa shape index (κ3) is 4.79. The quantitative estimate of drug-likeness (QED) is 0.553. The zero-order chi connectivity index (χ0) is 17.7. The van der Waals surface area contributed by atoms with Crippen LogP contribution in [-0.4, -0.2) is 28.2 Å². The van der Waals surface area contributed by atoms with Gasteiger partial charge in [0, 0.05) is 24.9 Å². The largest absolute Gasteiger partial charge is 0.433 e. The maximum Gasteiger partial charge on any atom is 0.433 e. The van der Waals surface area contributed by atoms with Gasteiger partial charge in [0.15, 0.2) is 5.69 Å². The minimum absolute atomic E-state index is 0.0708.